The van der Waals surface area contributed by atoms with E-state index >= 15 is 0 Å². The molecule has 0 radical (unpaired) electrons. The number of para-hydroxylation sites is 1. The summed E-state index contributed by atoms with van der Waals surface area (Å²) in [6, 6.07) is 7.31. The highest BCUT2D eigenvalue weighted by atomic mass is 35.5. The highest BCUT2D eigenvalue weighted by molar-refractivity contribution is 6.49. The second kappa shape index (κ2) is 4.41. The number of furan rings is 1. The summed E-state index contributed by atoms with van der Waals surface area (Å²) in [5, 5.41) is 1.15. The minimum Gasteiger partial charge on any atom is -0.493 e. The molecule has 0 spiro atoms. The standard InChI is InChI=1S/C12H9ClO3/c1-15-10-4-2-3-8-7-11(16-12(8)10)9(13)5-6-14/h2-7H,1H3/b9-5-. The Balaban J connectivity index is 2.60. The van der Waals surface area contributed by atoms with Crippen LogP contribution in [0.1, 0.15) is 5.76 Å². The van der Waals surface area contributed by atoms with Gasteiger partial charge >= 0.3 is 0 Å². The molecule has 0 bridgehead atoms. The van der Waals surface area contributed by atoms with E-state index in [1.54, 1.807) is 19.2 Å². The van der Waals surface area contributed by atoms with E-state index in [1.807, 2.05) is 12.1 Å². The average Bonchev–Trinajstić information content (AvgIpc) is 2.72. The van der Waals surface area contributed by atoms with Gasteiger partial charge in [-0.3, -0.25) is 4.79 Å². The average molecular weight is 237 g/mol. The number of halogens is 1. The van der Waals surface area contributed by atoms with Gasteiger partial charge in [-0.1, -0.05) is 23.7 Å². The number of fused-ring (bicyclic) bond motifs is 1. The van der Waals surface area contributed by atoms with Gasteiger partial charge in [0.15, 0.2) is 11.3 Å². The number of hydrogen-bond donors (Lipinski definition) is 0. The first kappa shape index (κ1) is 10.8. The highest BCUT2D eigenvalue weighted by Crippen LogP contribution is 2.32. The monoisotopic (exact) mass is 236 g/mol. The van der Waals surface area contributed by atoms with Crippen molar-refractivity contribution in [2.45, 2.75) is 0 Å². The van der Waals surface area contributed by atoms with Crippen LogP contribution in [0.3, 0.4) is 0 Å². The summed E-state index contributed by atoms with van der Waals surface area (Å²) in [5.41, 5.74) is 0.623. The number of benzene rings is 1. The van der Waals surface area contributed by atoms with Crippen LogP contribution >= 0.6 is 11.6 Å². The third-order valence-corrected chi connectivity index (χ3v) is 2.49. The summed E-state index contributed by atoms with van der Waals surface area (Å²) in [6.07, 6.45) is 1.86. The van der Waals surface area contributed by atoms with Crippen molar-refractivity contribution in [3.63, 3.8) is 0 Å². The number of aldehydes is 1. The molecule has 16 heavy (non-hydrogen) atoms. The number of rotatable bonds is 3. The summed E-state index contributed by atoms with van der Waals surface area (Å²) in [5.74, 6) is 1.09. The number of carbonyl (C=O) groups excluding carboxylic acids is 1. The molecule has 0 saturated carbocycles. The fourth-order valence-electron chi connectivity index (χ4n) is 1.46. The van der Waals surface area contributed by atoms with Crippen molar-refractivity contribution in [1.82, 2.24) is 0 Å². The maximum Gasteiger partial charge on any atom is 0.176 e. The smallest absolute Gasteiger partial charge is 0.176 e. The van der Waals surface area contributed by atoms with Crippen LogP contribution < -0.4 is 4.74 Å². The predicted octanol–water partition coefficient (Wildman–Crippen LogP) is 3.22. The first-order chi connectivity index (χ1) is 7.76. The SMILES string of the molecule is COc1cccc2cc(/C(Cl)=C/C=O)oc12. The molecular weight excluding hydrogens is 228 g/mol. The van der Waals surface area contributed by atoms with Crippen LogP contribution in [0, 0.1) is 0 Å². The zero-order chi connectivity index (χ0) is 11.5. The van der Waals surface area contributed by atoms with Crippen LogP contribution in [-0.4, -0.2) is 13.4 Å². The van der Waals surface area contributed by atoms with Crippen molar-refractivity contribution in [3.05, 3.63) is 36.1 Å². The molecule has 4 heteroatoms. The van der Waals surface area contributed by atoms with Gasteiger partial charge in [0.2, 0.25) is 0 Å². The van der Waals surface area contributed by atoms with Crippen molar-refractivity contribution in [2.24, 2.45) is 0 Å². The molecule has 0 fully saturated rings. The third-order valence-electron chi connectivity index (χ3n) is 2.18. The van der Waals surface area contributed by atoms with Crippen LogP contribution in [0.25, 0.3) is 16.0 Å². The first-order valence-corrected chi connectivity index (χ1v) is 5.02. The normalized spacial score (nSPS) is 11.8. The van der Waals surface area contributed by atoms with E-state index in [0.29, 0.717) is 23.4 Å². The minimum atomic E-state index is 0.272. The van der Waals surface area contributed by atoms with Crippen LogP contribution in [0.4, 0.5) is 0 Å². The zero-order valence-electron chi connectivity index (χ0n) is 8.57. The molecule has 82 valence electrons. The lowest BCUT2D eigenvalue weighted by Crippen LogP contribution is -1.81. The van der Waals surface area contributed by atoms with Gasteiger partial charge in [0.1, 0.15) is 12.0 Å². The Morgan fingerprint density at radius 2 is 2.31 bits per heavy atom. The maximum absolute atomic E-state index is 10.3. The summed E-state index contributed by atoms with van der Waals surface area (Å²) in [6.45, 7) is 0. The van der Waals surface area contributed by atoms with Gasteiger partial charge in [0.25, 0.3) is 0 Å². The third kappa shape index (κ3) is 1.82. The van der Waals surface area contributed by atoms with Crippen molar-refractivity contribution in [1.29, 1.82) is 0 Å². The minimum absolute atomic E-state index is 0.272. The quantitative estimate of drug-likeness (QED) is 0.607. The summed E-state index contributed by atoms with van der Waals surface area (Å²) < 4.78 is 10.7. The van der Waals surface area contributed by atoms with Gasteiger partial charge in [0, 0.05) is 11.5 Å². The molecule has 0 atom stereocenters. The molecule has 1 aromatic heterocycles. The largest absolute Gasteiger partial charge is 0.493 e. The van der Waals surface area contributed by atoms with E-state index in [1.165, 1.54) is 6.08 Å². The highest BCUT2D eigenvalue weighted by Gasteiger charge is 2.10. The summed E-state index contributed by atoms with van der Waals surface area (Å²) in [4.78, 5) is 10.3. The fraction of sp³-hybridized carbons (Fsp3) is 0.0833. The van der Waals surface area contributed by atoms with Gasteiger partial charge in [-0.05, 0) is 12.1 Å². The Morgan fingerprint density at radius 3 is 3.00 bits per heavy atom. The van der Waals surface area contributed by atoms with Crippen molar-refractivity contribution in [3.8, 4) is 5.75 Å². The first-order valence-electron chi connectivity index (χ1n) is 4.64. The Bertz CT molecular complexity index is 554. The molecule has 0 amide bonds. The molecule has 0 unspecified atom stereocenters. The lowest BCUT2D eigenvalue weighted by atomic mass is 10.2. The molecule has 1 heterocycles. The predicted molar refractivity (Wildman–Crippen MR) is 62.7 cm³/mol. The molecule has 0 aliphatic carbocycles. The summed E-state index contributed by atoms with van der Waals surface area (Å²) in [7, 11) is 1.57. The number of allylic oxidation sites excluding steroid dienone is 1. The molecule has 0 N–H and O–H groups in total. The van der Waals surface area contributed by atoms with Gasteiger partial charge < -0.3 is 9.15 Å². The number of ether oxygens (including phenoxy) is 1. The van der Waals surface area contributed by atoms with Gasteiger partial charge in [0.05, 0.1) is 12.1 Å². The molecule has 2 rings (SSSR count). The van der Waals surface area contributed by atoms with Crippen LogP contribution in [-0.2, 0) is 4.79 Å². The zero-order valence-corrected chi connectivity index (χ0v) is 9.32. The second-order valence-electron chi connectivity index (χ2n) is 3.14. The van der Waals surface area contributed by atoms with E-state index in [-0.39, 0.29) is 5.03 Å². The molecule has 2 aromatic rings. The second-order valence-corrected chi connectivity index (χ2v) is 3.55. The fourth-order valence-corrected chi connectivity index (χ4v) is 1.60. The Kier molecular flexibility index (Phi) is 2.97. The van der Waals surface area contributed by atoms with E-state index in [9.17, 15) is 4.79 Å². The van der Waals surface area contributed by atoms with E-state index < -0.39 is 0 Å². The van der Waals surface area contributed by atoms with Crippen molar-refractivity contribution >= 4 is 33.9 Å². The molecular formula is C12H9ClO3. The Morgan fingerprint density at radius 1 is 1.50 bits per heavy atom. The van der Waals surface area contributed by atoms with Crippen LogP contribution in [0.5, 0.6) is 5.75 Å². The molecule has 0 aliphatic heterocycles. The number of hydrogen-bond acceptors (Lipinski definition) is 3. The molecule has 3 nitrogen and oxygen atoms in total. The lowest BCUT2D eigenvalue weighted by molar-refractivity contribution is -0.104. The molecule has 0 saturated heterocycles. The van der Waals surface area contributed by atoms with Gasteiger partial charge in [-0.15, -0.1) is 0 Å². The topological polar surface area (TPSA) is 39.4 Å². The Labute approximate surface area is 97.3 Å². The maximum atomic E-state index is 10.3. The molecule has 0 aliphatic rings. The van der Waals surface area contributed by atoms with Gasteiger partial charge in [-0.2, -0.15) is 0 Å². The van der Waals surface area contributed by atoms with E-state index in [2.05, 4.69) is 0 Å². The number of methoxy groups -OCH3 is 1. The van der Waals surface area contributed by atoms with Gasteiger partial charge in [-0.25, -0.2) is 0 Å². The van der Waals surface area contributed by atoms with E-state index in [4.69, 9.17) is 20.8 Å². The Hall–Kier alpha value is -1.74. The van der Waals surface area contributed by atoms with Crippen LogP contribution in [0.15, 0.2) is 34.8 Å². The summed E-state index contributed by atoms with van der Waals surface area (Å²) >= 11 is 5.87. The lowest BCUT2D eigenvalue weighted by Gasteiger charge is -1.98. The van der Waals surface area contributed by atoms with Crippen molar-refractivity contribution < 1.29 is 13.9 Å². The van der Waals surface area contributed by atoms with Crippen LogP contribution in [0.2, 0.25) is 0 Å². The van der Waals surface area contributed by atoms with Crippen molar-refractivity contribution in [2.75, 3.05) is 7.11 Å². The molecule has 1 aromatic carbocycles. The van der Waals surface area contributed by atoms with E-state index in [0.717, 1.165) is 5.39 Å². The number of carbonyl (C=O) groups is 1.